The van der Waals surface area contributed by atoms with Crippen molar-refractivity contribution in [2.75, 3.05) is 6.54 Å². The van der Waals surface area contributed by atoms with Crippen molar-refractivity contribution in [1.29, 1.82) is 0 Å². The van der Waals surface area contributed by atoms with Crippen molar-refractivity contribution in [3.63, 3.8) is 0 Å². The molecule has 1 unspecified atom stereocenters. The maximum atomic E-state index is 12.9. The van der Waals surface area contributed by atoms with Gasteiger partial charge in [-0.25, -0.2) is 9.78 Å². The molecule has 1 amide bonds. The van der Waals surface area contributed by atoms with Gasteiger partial charge in [0, 0.05) is 36.4 Å². The largest absolute Gasteiger partial charge is 0.345 e. The van der Waals surface area contributed by atoms with Crippen LogP contribution in [0.25, 0.3) is 11.3 Å². The summed E-state index contributed by atoms with van der Waals surface area (Å²) in [5.41, 5.74) is 2.23. The molecular formula is C17H16N6O2. The third-order valence-electron chi connectivity index (χ3n) is 4.34. The molecule has 126 valence electrons. The number of nitrogens with zero attached hydrogens (tertiary/aromatic N) is 4. The van der Waals surface area contributed by atoms with Crippen molar-refractivity contribution in [1.82, 2.24) is 30.0 Å². The number of carbonyl (C=O) groups excluding carboxylic acids is 1. The fourth-order valence-electron chi connectivity index (χ4n) is 3.16. The van der Waals surface area contributed by atoms with Crippen LogP contribution >= 0.6 is 0 Å². The highest BCUT2D eigenvalue weighted by Crippen LogP contribution is 2.31. The molecule has 8 heteroatoms. The van der Waals surface area contributed by atoms with Crippen LogP contribution in [-0.2, 0) is 0 Å². The van der Waals surface area contributed by atoms with Gasteiger partial charge in [0.2, 0.25) is 0 Å². The number of rotatable bonds is 3. The number of hydrogen-bond acceptors (Lipinski definition) is 5. The molecule has 1 saturated heterocycles. The van der Waals surface area contributed by atoms with Crippen molar-refractivity contribution >= 4 is 5.91 Å². The van der Waals surface area contributed by atoms with Crippen molar-refractivity contribution in [2.45, 2.75) is 18.9 Å². The fourth-order valence-corrected chi connectivity index (χ4v) is 3.16. The SMILES string of the molecule is O=C(c1cc(-c2cccnc2)n[nH]1)N1CCCC1c1ccnc(=O)[nH]1. The van der Waals surface area contributed by atoms with Gasteiger partial charge in [-0.3, -0.25) is 14.9 Å². The van der Waals surface area contributed by atoms with E-state index in [0.717, 1.165) is 18.4 Å². The topological polar surface area (TPSA) is 108 Å². The van der Waals surface area contributed by atoms with Crippen LogP contribution < -0.4 is 5.69 Å². The lowest BCUT2D eigenvalue weighted by molar-refractivity contribution is 0.0726. The number of carbonyl (C=O) groups is 1. The molecule has 3 aromatic rings. The van der Waals surface area contributed by atoms with Crippen LogP contribution in [-0.4, -0.2) is 42.5 Å². The van der Waals surface area contributed by atoms with Crippen molar-refractivity contribution < 1.29 is 4.79 Å². The molecule has 4 heterocycles. The lowest BCUT2D eigenvalue weighted by Crippen LogP contribution is -2.32. The summed E-state index contributed by atoms with van der Waals surface area (Å²) in [4.78, 5) is 36.5. The molecule has 3 aromatic heterocycles. The van der Waals surface area contributed by atoms with Crippen LogP contribution in [0.2, 0.25) is 0 Å². The first-order chi connectivity index (χ1) is 12.2. The van der Waals surface area contributed by atoms with Crippen molar-refractivity contribution in [3.8, 4) is 11.3 Å². The minimum Gasteiger partial charge on any atom is -0.329 e. The molecule has 4 rings (SSSR count). The molecule has 0 aromatic carbocycles. The van der Waals surface area contributed by atoms with Gasteiger partial charge < -0.3 is 9.88 Å². The molecule has 25 heavy (non-hydrogen) atoms. The quantitative estimate of drug-likeness (QED) is 0.754. The smallest absolute Gasteiger partial charge is 0.329 e. The third-order valence-corrected chi connectivity index (χ3v) is 4.34. The number of aromatic amines is 2. The normalized spacial score (nSPS) is 17.0. The average Bonchev–Trinajstić information content (AvgIpc) is 3.32. The summed E-state index contributed by atoms with van der Waals surface area (Å²) in [5, 5.41) is 7.02. The predicted molar refractivity (Wildman–Crippen MR) is 89.7 cm³/mol. The summed E-state index contributed by atoms with van der Waals surface area (Å²) in [6.45, 7) is 0.634. The molecular weight excluding hydrogens is 320 g/mol. The summed E-state index contributed by atoms with van der Waals surface area (Å²) >= 11 is 0. The van der Waals surface area contributed by atoms with E-state index in [2.05, 4.69) is 25.1 Å². The Bertz CT molecular complexity index is 949. The zero-order chi connectivity index (χ0) is 17.2. The number of nitrogens with one attached hydrogen (secondary N) is 2. The second-order valence-corrected chi connectivity index (χ2v) is 5.90. The molecule has 0 aliphatic carbocycles. The van der Waals surface area contributed by atoms with E-state index in [4.69, 9.17) is 0 Å². The molecule has 0 spiro atoms. The van der Waals surface area contributed by atoms with Gasteiger partial charge in [0.25, 0.3) is 5.91 Å². The van der Waals surface area contributed by atoms with Gasteiger partial charge in [0.1, 0.15) is 5.69 Å². The Morgan fingerprint density at radius 2 is 2.20 bits per heavy atom. The highest BCUT2D eigenvalue weighted by atomic mass is 16.2. The van der Waals surface area contributed by atoms with Crippen LogP contribution in [0, 0.1) is 0 Å². The summed E-state index contributed by atoms with van der Waals surface area (Å²) < 4.78 is 0. The van der Waals surface area contributed by atoms with Crippen LogP contribution in [0.15, 0.2) is 47.7 Å². The predicted octanol–water partition coefficient (Wildman–Crippen LogP) is 1.53. The minimum atomic E-state index is -0.405. The third kappa shape index (κ3) is 2.93. The van der Waals surface area contributed by atoms with E-state index in [9.17, 15) is 9.59 Å². The van der Waals surface area contributed by atoms with Gasteiger partial charge in [-0.05, 0) is 37.1 Å². The first kappa shape index (κ1) is 15.3. The number of aromatic nitrogens is 5. The standard InChI is InChI=1S/C17H16N6O2/c24-16(14-9-13(21-22-14)11-3-1-6-18-10-11)23-8-2-4-15(23)12-5-7-19-17(25)20-12/h1,3,5-7,9-10,15H,2,4,8H2,(H,21,22)(H,19,20,25). The Morgan fingerprint density at radius 3 is 3.00 bits per heavy atom. The van der Waals surface area contributed by atoms with E-state index >= 15 is 0 Å². The zero-order valence-electron chi connectivity index (χ0n) is 13.3. The monoisotopic (exact) mass is 336 g/mol. The van der Waals surface area contributed by atoms with Crippen LogP contribution in [0.1, 0.15) is 35.1 Å². The van der Waals surface area contributed by atoms with Gasteiger partial charge in [0.05, 0.1) is 11.7 Å². The molecule has 2 N–H and O–H groups in total. The number of amides is 1. The lowest BCUT2D eigenvalue weighted by atomic mass is 10.1. The Balaban J connectivity index is 1.60. The molecule has 0 radical (unpaired) electrons. The van der Waals surface area contributed by atoms with E-state index in [1.54, 1.807) is 29.4 Å². The number of pyridine rings is 1. The highest BCUT2D eigenvalue weighted by Gasteiger charge is 2.32. The first-order valence-corrected chi connectivity index (χ1v) is 8.04. The zero-order valence-corrected chi connectivity index (χ0v) is 13.3. The average molecular weight is 336 g/mol. The maximum Gasteiger partial charge on any atom is 0.345 e. The molecule has 0 saturated carbocycles. The Morgan fingerprint density at radius 1 is 1.28 bits per heavy atom. The summed E-state index contributed by atoms with van der Waals surface area (Å²) in [7, 11) is 0. The second-order valence-electron chi connectivity index (χ2n) is 5.90. The lowest BCUT2D eigenvalue weighted by Gasteiger charge is -2.23. The Labute approximate surface area is 143 Å². The van der Waals surface area contributed by atoms with Crippen LogP contribution in [0.5, 0.6) is 0 Å². The van der Waals surface area contributed by atoms with Crippen LogP contribution in [0.3, 0.4) is 0 Å². The van der Waals surface area contributed by atoms with Gasteiger partial charge in [-0.15, -0.1) is 0 Å². The van der Waals surface area contributed by atoms with Gasteiger partial charge in [-0.1, -0.05) is 0 Å². The number of H-pyrrole nitrogens is 2. The van der Waals surface area contributed by atoms with Crippen molar-refractivity contribution in [2.24, 2.45) is 0 Å². The van der Waals surface area contributed by atoms with Gasteiger partial charge in [-0.2, -0.15) is 5.10 Å². The number of likely N-dealkylation sites (tertiary alicyclic amines) is 1. The molecule has 8 nitrogen and oxygen atoms in total. The molecule has 1 aliphatic rings. The summed E-state index contributed by atoms with van der Waals surface area (Å²) in [6.07, 6.45) is 6.53. The summed E-state index contributed by atoms with van der Waals surface area (Å²) in [6, 6.07) is 7.02. The van der Waals surface area contributed by atoms with E-state index < -0.39 is 5.69 Å². The van der Waals surface area contributed by atoms with E-state index in [1.165, 1.54) is 6.20 Å². The van der Waals surface area contributed by atoms with E-state index in [-0.39, 0.29) is 11.9 Å². The van der Waals surface area contributed by atoms with Crippen molar-refractivity contribution in [3.05, 3.63) is 64.7 Å². The molecule has 0 bridgehead atoms. The maximum absolute atomic E-state index is 12.9. The Hall–Kier alpha value is -3.29. The Kier molecular flexibility index (Phi) is 3.85. The van der Waals surface area contributed by atoms with Gasteiger partial charge in [0.15, 0.2) is 0 Å². The second kappa shape index (κ2) is 6.31. The molecule has 1 atom stereocenters. The highest BCUT2D eigenvalue weighted by molar-refractivity contribution is 5.93. The minimum absolute atomic E-state index is 0.136. The molecule has 1 fully saturated rings. The first-order valence-electron chi connectivity index (χ1n) is 8.04. The summed E-state index contributed by atoms with van der Waals surface area (Å²) in [5.74, 6) is -0.136. The molecule has 1 aliphatic heterocycles. The van der Waals surface area contributed by atoms with E-state index in [1.807, 2.05) is 12.1 Å². The van der Waals surface area contributed by atoms with Crippen LogP contribution in [0.4, 0.5) is 0 Å². The van der Waals surface area contributed by atoms with Gasteiger partial charge >= 0.3 is 5.69 Å². The van der Waals surface area contributed by atoms with E-state index in [0.29, 0.717) is 23.6 Å². The number of hydrogen-bond donors (Lipinski definition) is 2. The fraction of sp³-hybridized carbons (Fsp3) is 0.235.